The number of fused-ring (bicyclic) bond motifs is 1. The molecule has 0 unspecified atom stereocenters. The first-order valence-corrected chi connectivity index (χ1v) is 6.28. The van der Waals surface area contributed by atoms with E-state index in [1.54, 1.807) is 18.2 Å². The van der Waals surface area contributed by atoms with Crippen LogP contribution in [0.15, 0.2) is 65.0 Å². The highest BCUT2D eigenvalue weighted by Crippen LogP contribution is 2.32. The number of rotatable bonds is 1. The van der Waals surface area contributed by atoms with Gasteiger partial charge in [-0.15, -0.1) is 0 Å². The SMILES string of the molecule is [2H]c1c([2H])c([2H])c2c(-c3cc(Cl)cc(Br)c3)c([2H])c([2H])c([2H])c2c1[2H]. The quantitative estimate of drug-likeness (QED) is 0.521. The Kier molecular flexibility index (Phi) is 1.64. The van der Waals surface area contributed by atoms with Crippen molar-refractivity contribution in [2.75, 3.05) is 0 Å². The Morgan fingerprint density at radius 1 is 0.944 bits per heavy atom. The summed E-state index contributed by atoms with van der Waals surface area (Å²) in [4.78, 5) is 0. The molecule has 0 aromatic heterocycles. The van der Waals surface area contributed by atoms with E-state index in [1.807, 2.05) is 0 Å². The van der Waals surface area contributed by atoms with Crippen molar-refractivity contribution in [3.63, 3.8) is 0 Å². The zero-order valence-corrected chi connectivity index (χ0v) is 11.3. The molecule has 88 valence electrons. The van der Waals surface area contributed by atoms with E-state index in [9.17, 15) is 0 Å². The summed E-state index contributed by atoms with van der Waals surface area (Å²) in [5.41, 5.74) is 0.596. The van der Waals surface area contributed by atoms with Gasteiger partial charge in [-0.3, -0.25) is 0 Å². The van der Waals surface area contributed by atoms with E-state index in [0.29, 0.717) is 15.1 Å². The molecule has 3 aromatic carbocycles. The molecule has 0 aliphatic rings. The Hall–Kier alpha value is -1.31. The zero-order valence-electron chi connectivity index (χ0n) is 16.0. The van der Waals surface area contributed by atoms with Crippen LogP contribution in [0, 0.1) is 0 Å². The summed E-state index contributed by atoms with van der Waals surface area (Å²) in [5.74, 6) is 0. The Balaban J connectivity index is 2.64. The molecule has 0 atom stereocenters. The van der Waals surface area contributed by atoms with Gasteiger partial charge in [-0.1, -0.05) is 69.8 Å². The predicted molar refractivity (Wildman–Crippen MR) is 82.1 cm³/mol. The van der Waals surface area contributed by atoms with Crippen molar-refractivity contribution in [2.45, 2.75) is 0 Å². The van der Waals surface area contributed by atoms with Crippen molar-refractivity contribution < 1.29 is 9.60 Å². The van der Waals surface area contributed by atoms with Crippen LogP contribution in [0.1, 0.15) is 9.60 Å². The van der Waals surface area contributed by atoms with E-state index in [4.69, 9.17) is 21.2 Å². The largest absolute Gasteiger partial charge is 0.0843 e. The van der Waals surface area contributed by atoms with Crippen LogP contribution in [-0.4, -0.2) is 0 Å². The third-order valence-electron chi connectivity index (χ3n) is 2.46. The molecule has 0 aliphatic heterocycles. The summed E-state index contributed by atoms with van der Waals surface area (Å²) >= 11 is 9.39. The maximum atomic E-state index is 8.27. The molecule has 0 saturated carbocycles. The second-order valence-electron chi connectivity index (χ2n) is 3.66. The standard InChI is InChI=1S/C16H10BrCl/c17-13-8-12(9-14(18)10-13)16-7-3-5-11-4-1-2-6-15(11)16/h1-10H/i1D,2D,3D,4D,5D,6D,7D. The van der Waals surface area contributed by atoms with Crippen molar-refractivity contribution in [1.29, 1.82) is 0 Å². The van der Waals surface area contributed by atoms with Gasteiger partial charge in [-0.2, -0.15) is 0 Å². The Bertz CT molecular complexity index is 1020. The fraction of sp³-hybridized carbons (Fsp3) is 0. The van der Waals surface area contributed by atoms with Gasteiger partial charge in [-0.05, 0) is 40.1 Å². The highest BCUT2D eigenvalue weighted by Gasteiger charge is 2.05. The third-order valence-corrected chi connectivity index (χ3v) is 3.14. The molecule has 0 nitrogen and oxygen atoms in total. The number of halogens is 2. The molecule has 3 aromatic rings. The summed E-state index contributed by atoms with van der Waals surface area (Å²) in [6, 6.07) is 2.13. The van der Waals surface area contributed by atoms with E-state index in [2.05, 4.69) is 15.9 Å². The van der Waals surface area contributed by atoms with Crippen molar-refractivity contribution in [2.24, 2.45) is 0 Å². The summed E-state index contributed by atoms with van der Waals surface area (Å²) < 4.78 is 57.1. The summed E-state index contributed by atoms with van der Waals surface area (Å²) in [7, 11) is 0. The molecule has 0 fully saturated rings. The van der Waals surface area contributed by atoms with Crippen LogP contribution >= 0.6 is 27.5 Å². The van der Waals surface area contributed by atoms with Crippen LogP contribution in [0.5, 0.6) is 0 Å². The Morgan fingerprint density at radius 3 is 2.56 bits per heavy atom. The smallest absolute Gasteiger partial charge is 0.0629 e. The Labute approximate surface area is 129 Å². The van der Waals surface area contributed by atoms with Crippen LogP contribution in [0.25, 0.3) is 21.9 Å². The van der Waals surface area contributed by atoms with Gasteiger partial charge in [0.25, 0.3) is 0 Å². The Morgan fingerprint density at radius 2 is 1.72 bits per heavy atom. The van der Waals surface area contributed by atoms with Gasteiger partial charge in [0.1, 0.15) is 0 Å². The minimum Gasteiger partial charge on any atom is -0.0843 e. The summed E-state index contributed by atoms with van der Waals surface area (Å²) in [6.07, 6.45) is 0. The van der Waals surface area contributed by atoms with Gasteiger partial charge < -0.3 is 0 Å². The molecule has 3 rings (SSSR count). The highest BCUT2D eigenvalue weighted by molar-refractivity contribution is 9.10. The van der Waals surface area contributed by atoms with Gasteiger partial charge in [0.15, 0.2) is 0 Å². The molecule has 18 heavy (non-hydrogen) atoms. The lowest BCUT2D eigenvalue weighted by atomic mass is 9.98. The van der Waals surface area contributed by atoms with E-state index < -0.39 is 30.2 Å². The minimum absolute atomic E-state index is 0.0474. The average Bonchev–Trinajstić information content (AvgIpc) is 2.54. The third kappa shape index (κ3) is 2.16. The van der Waals surface area contributed by atoms with Crippen molar-refractivity contribution in [1.82, 2.24) is 0 Å². The molecular formula is C16H10BrCl. The van der Waals surface area contributed by atoms with Gasteiger partial charge in [0, 0.05) is 9.50 Å². The molecule has 2 heteroatoms. The van der Waals surface area contributed by atoms with Gasteiger partial charge in [0.2, 0.25) is 0 Å². The van der Waals surface area contributed by atoms with Crippen molar-refractivity contribution >= 4 is 38.3 Å². The summed E-state index contributed by atoms with van der Waals surface area (Å²) in [5, 5.41) is 0.350. The fourth-order valence-electron chi connectivity index (χ4n) is 1.73. The molecular weight excluding hydrogens is 308 g/mol. The molecule has 0 saturated heterocycles. The molecule has 0 amide bonds. The van der Waals surface area contributed by atoms with Crippen LogP contribution in [0.3, 0.4) is 0 Å². The lowest BCUT2D eigenvalue weighted by Crippen LogP contribution is -1.81. The van der Waals surface area contributed by atoms with Crippen LogP contribution in [0.4, 0.5) is 0 Å². The topological polar surface area (TPSA) is 0 Å². The molecule has 0 radical (unpaired) electrons. The number of benzene rings is 3. The van der Waals surface area contributed by atoms with Gasteiger partial charge in [0.05, 0.1) is 9.60 Å². The van der Waals surface area contributed by atoms with Crippen LogP contribution < -0.4 is 0 Å². The maximum Gasteiger partial charge on any atom is 0.0629 e. The average molecular weight is 325 g/mol. The van der Waals surface area contributed by atoms with E-state index >= 15 is 0 Å². The van der Waals surface area contributed by atoms with E-state index in [-0.39, 0.29) is 28.4 Å². The fourth-order valence-corrected chi connectivity index (χ4v) is 2.59. The molecule has 0 heterocycles. The molecule has 0 bridgehead atoms. The monoisotopic (exact) mass is 323 g/mol. The first-order valence-electron chi connectivity index (χ1n) is 8.61. The maximum absolute atomic E-state index is 8.27. The molecule has 0 aliphatic carbocycles. The van der Waals surface area contributed by atoms with Crippen molar-refractivity contribution in [3.8, 4) is 11.1 Å². The lowest BCUT2D eigenvalue weighted by molar-refractivity contribution is 1.61. The highest BCUT2D eigenvalue weighted by atomic mass is 79.9. The predicted octanol–water partition coefficient (Wildman–Crippen LogP) is 5.92. The number of hydrogen-bond acceptors (Lipinski definition) is 0. The lowest BCUT2D eigenvalue weighted by Gasteiger charge is -2.08. The first kappa shape index (κ1) is 6.23. The molecule has 0 spiro atoms. The van der Waals surface area contributed by atoms with Gasteiger partial charge in [-0.25, -0.2) is 0 Å². The van der Waals surface area contributed by atoms with Crippen molar-refractivity contribution in [3.05, 3.63) is 70.0 Å². The van der Waals surface area contributed by atoms with Gasteiger partial charge >= 0.3 is 0 Å². The van der Waals surface area contributed by atoms with Crippen LogP contribution in [-0.2, 0) is 0 Å². The molecule has 0 N–H and O–H groups in total. The second-order valence-corrected chi connectivity index (χ2v) is 5.01. The zero-order chi connectivity index (χ0) is 18.6. The van der Waals surface area contributed by atoms with E-state index in [0.717, 1.165) is 0 Å². The second kappa shape index (κ2) is 4.75. The normalized spacial score (nSPS) is 16.2. The summed E-state index contributed by atoms with van der Waals surface area (Å²) in [6.45, 7) is 0. The minimum atomic E-state index is -0.471. The number of hydrogen-bond donors (Lipinski definition) is 0. The van der Waals surface area contributed by atoms with Crippen LogP contribution in [0.2, 0.25) is 5.02 Å². The first-order chi connectivity index (χ1) is 11.6. The van der Waals surface area contributed by atoms with E-state index in [1.165, 1.54) is 0 Å².